The van der Waals surface area contributed by atoms with Crippen LogP contribution in [0.4, 0.5) is 0 Å². The topological polar surface area (TPSA) is 35.5 Å². The molecule has 2 aromatic carbocycles. The number of carbonyl (C=O) groups excluding carboxylic acids is 1. The van der Waals surface area contributed by atoms with Crippen molar-refractivity contribution in [2.45, 2.75) is 0 Å². The van der Waals surface area contributed by atoms with E-state index in [4.69, 9.17) is 20.3 Å². The minimum absolute atomic E-state index is 0.423. The summed E-state index contributed by atoms with van der Waals surface area (Å²) in [5.74, 6) is 0.0733. The number of hydrogen-bond acceptors (Lipinski definition) is 3. The molecule has 3 rings (SSSR count). The van der Waals surface area contributed by atoms with Crippen molar-refractivity contribution >= 4 is 35.7 Å². The predicted octanol–water partition coefficient (Wildman–Crippen LogP) is 3.85. The van der Waals surface area contributed by atoms with E-state index in [2.05, 4.69) is 0 Å². The minimum Gasteiger partial charge on any atom is -0.426 e. The fourth-order valence-electron chi connectivity index (χ4n) is 1.66. The highest BCUT2D eigenvalue weighted by molar-refractivity contribution is 7.76. The highest BCUT2D eigenvalue weighted by Gasteiger charge is 2.28. The van der Waals surface area contributed by atoms with E-state index in [1.54, 1.807) is 6.07 Å². The van der Waals surface area contributed by atoms with Gasteiger partial charge in [-0.15, -0.1) is 0 Å². The maximum Gasteiger partial charge on any atom is 0.403 e. The smallest absolute Gasteiger partial charge is 0.403 e. The van der Waals surface area contributed by atoms with Crippen LogP contribution in [-0.4, -0.2) is 5.97 Å². The predicted molar refractivity (Wildman–Crippen MR) is 62.8 cm³/mol. The van der Waals surface area contributed by atoms with Crippen LogP contribution in [0.15, 0.2) is 36.4 Å². The van der Waals surface area contributed by atoms with Gasteiger partial charge in [0, 0.05) is 0 Å². The van der Waals surface area contributed by atoms with Gasteiger partial charge in [-0.1, -0.05) is 24.3 Å². The van der Waals surface area contributed by atoms with Crippen molar-refractivity contribution in [3.8, 4) is 5.75 Å². The molecule has 0 saturated carbocycles. The second kappa shape index (κ2) is 3.62. The standard InChI is InChI=1S/C11H6ClO3P/c12-16-14-10-6-8-4-2-1-3-7(8)5-9(10)11(13)15-16/h1-6H/t16-/m1/s1. The molecular weight excluding hydrogens is 247 g/mol. The third-order valence-electron chi connectivity index (χ3n) is 2.39. The molecule has 0 unspecified atom stereocenters. The van der Waals surface area contributed by atoms with E-state index in [0.717, 1.165) is 10.8 Å². The highest BCUT2D eigenvalue weighted by Crippen LogP contribution is 2.50. The van der Waals surface area contributed by atoms with Gasteiger partial charge in [-0.3, -0.25) is 0 Å². The maximum absolute atomic E-state index is 11.6. The summed E-state index contributed by atoms with van der Waals surface area (Å²) < 4.78 is 10.1. The van der Waals surface area contributed by atoms with Gasteiger partial charge >= 0.3 is 13.7 Å². The molecule has 16 heavy (non-hydrogen) atoms. The molecule has 1 aliphatic heterocycles. The van der Waals surface area contributed by atoms with Crippen molar-refractivity contribution in [3.05, 3.63) is 42.0 Å². The van der Waals surface area contributed by atoms with Gasteiger partial charge in [0.15, 0.2) is 0 Å². The molecule has 0 spiro atoms. The Hall–Kier alpha value is -1.31. The van der Waals surface area contributed by atoms with Crippen molar-refractivity contribution in [1.82, 2.24) is 0 Å². The SMILES string of the molecule is O=C1O[P@](Cl)Oc2cc3ccccc3cc21. The van der Waals surface area contributed by atoms with E-state index < -0.39 is 13.7 Å². The first-order chi connectivity index (χ1) is 7.74. The van der Waals surface area contributed by atoms with Gasteiger partial charge in [-0.2, -0.15) is 0 Å². The van der Waals surface area contributed by atoms with Crippen LogP contribution >= 0.6 is 19.0 Å². The first-order valence-corrected chi connectivity index (χ1v) is 6.71. The van der Waals surface area contributed by atoms with E-state index in [-0.39, 0.29) is 0 Å². The third-order valence-corrected chi connectivity index (χ3v) is 3.46. The van der Waals surface area contributed by atoms with Crippen molar-refractivity contribution in [3.63, 3.8) is 0 Å². The molecule has 1 aliphatic rings. The summed E-state index contributed by atoms with van der Waals surface area (Å²) in [4.78, 5) is 11.6. The lowest BCUT2D eigenvalue weighted by atomic mass is 10.1. The van der Waals surface area contributed by atoms with Crippen LogP contribution in [0.25, 0.3) is 10.8 Å². The Kier molecular flexibility index (Phi) is 2.23. The zero-order valence-corrected chi connectivity index (χ0v) is 9.66. The number of carbonyl (C=O) groups is 1. The minimum atomic E-state index is -1.65. The molecule has 0 fully saturated rings. The summed E-state index contributed by atoms with van der Waals surface area (Å²) in [6.45, 7) is 0. The van der Waals surface area contributed by atoms with Gasteiger partial charge in [0.1, 0.15) is 11.3 Å². The Morgan fingerprint density at radius 1 is 1.06 bits per heavy atom. The molecular formula is C11H6ClO3P. The first-order valence-electron chi connectivity index (χ1n) is 4.63. The lowest BCUT2D eigenvalue weighted by Gasteiger charge is -2.19. The Morgan fingerprint density at radius 2 is 1.75 bits per heavy atom. The number of benzene rings is 2. The summed E-state index contributed by atoms with van der Waals surface area (Å²) >= 11 is 5.69. The first kappa shape index (κ1) is 9.88. The van der Waals surface area contributed by atoms with E-state index in [9.17, 15) is 4.79 Å². The summed E-state index contributed by atoms with van der Waals surface area (Å²) in [6, 6.07) is 11.3. The van der Waals surface area contributed by atoms with E-state index in [1.165, 1.54) is 0 Å². The molecule has 1 heterocycles. The third kappa shape index (κ3) is 1.53. The van der Waals surface area contributed by atoms with Gasteiger partial charge in [-0.25, -0.2) is 4.79 Å². The van der Waals surface area contributed by atoms with Crippen LogP contribution in [0.5, 0.6) is 5.75 Å². The lowest BCUT2D eigenvalue weighted by molar-refractivity contribution is 0.0728. The van der Waals surface area contributed by atoms with Crippen molar-refractivity contribution < 1.29 is 13.8 Å². The largest absolute Gasteiger partial charge is 0.426 e. The Balaban J connectivity index is 2.26. The molecule has 0 saturated heterocycles. The molecule has 0 N–H and O–H groups in total. The molecule has 0 bridgehead atoms. The molecule has 0 aliphatic carbocycles. The van der Waals surface area contributed by atoms with Crippen molar-refractivity contribution in [2.24, 2.45) is 0 Å². The molecule has 0 radical (unpaired) electrons. The molecule has 3 nitrogen and oxygen atoms in total. The summed E-state index contributed by atoms with van der Waals surface area (Å²) in [7, 11) is -1.65. The normalized spacial score (nSPS) is 18.8. The zero-order valence-electron chi connectivity index (χ0n) is 8.01. The fraction of sp³-hybridized carbons (Fsp3) is 0. The number of rotatable bonds is 0. The van der Waals surface area contributed by atoms with Gasteiger partial charge in [0.25, 0.3) is 0 Å². The van der Waals surface area contributed by atoms with Crippen LogP contribution in [-0.2, 0) is 4.52 Å². The van der Waals surface area contributed by atoms with Gasteiger partial charge in [0.05, 0.1) is 0 Å². The van der Waals surface area contributed by atoms with Crippen LogP contribution < -0.4 is 4.52 Å². The number of halogens is 1. The summed E-state index contributed by atoms with van der Waals surface area (Å²) in [5, 5.41) is 1.98. The van der Waals surface area contributed by atoms with Crippen LogP contribution in [0, 0.1) is 0 Å². The Morgan fingerprint density at radius 3 is 2.50 bits per heavy atom. The second-order valence-corrected chi connectivity index (χ2v) is 5.00. The number of hydrogen-bond donors (Lipinski definition) is 0. The molecule has 80 valence electrons. The molecule has 0 amide bonds. The van der Waals surface area contributed by atoms with Crippen LogP contribution in [0.2, 0.25) is 0 Å². The van der Waals surface area contributed by atoms with E-state index in [0.29, 0.717) is 11.3 Å². The van der Waals surface area contributed by atoms with Crippen LogP contribution in [0.3, 0.4) is 0 Å². The Labute approximate surface area is 97.6 Å². The van der Waals surface area contributed by atoms with Crippen molar-refractivity contribution in [2.75, 3.05) is 0 Å². The maximum atomic E-state index is 11.6. The quantitative estimate of drug-likeness (QED) is 0.668. The van der Waals surface area contributed by atoms with Crippen molar-refractivity contribution in [1.29, 1.82) is 0 Å². The van der Waals surface area contributed by atoms with Gasteiger partial charge in [-0.05, 0) is 34.1 Å². The lowest BCUT2D eigenvalue weighted by Crippen LogP contribution is -2.09. The monoisotopic (exact) mass is 252 g/mol. The van der Waals surface area contributed by atoms with Crippen LogP contribution in [0.1, 0.15) is 10.4 Å². The highest BCUT2D eigenvalue weighted by atomic mass is 35.7. The summed E-state index contributed by atoms with van der Waals surface area (Å²) in [6.07, 6.45) is 0. The van der Waals surface area contributed by atoms with E-state index >= 15 is 0 Å². The molecule has 2 aromatic rings. The Bertz CT molecular complexity index is 584. The zero-order chi connectivity index (χ0) is 11.1. The fourth-order valence-corrected chi connectivity index (χ4v) is 2.65. The van der Waals surface area contributed by atoms with E-state index in [1.807, 2.05) is 30.3 Å². The summed E-state index contributed by atoms with van der Waals surface area (Å²) in [5.41, 5.74) is 0.429. The molecule has 5 heteroatoms. The number of fused-ring (bicyclic) bond motifs is 2. The average Bonchev–Trinajstić information content (AvgIpc) is 2.27. The second-order valence-electron chi connectivity index (χ2n) is 3.38. The van der Waals surface area contributed by atoms with Gasteiger partial charge in [0.2, 0.25) is 0 Å². The molecule has 1 atom stereocenters. The average molecular weight is 253 g/mol. The van der Waals surface area contributed by atoms with Gasteiger partial charge < -0.3 is 9.05 Å². The molecule has 0 aromatic heterocycles.